The third kappa shape index (κ3) is 2.84. The fourth-order valence-electron chi connectivity index (χ4n) is 2.40. The maximum atomic E-state index is 12.5. The highest BCUT2D eigenvalue weighted by Gasteiger charge is 2.35. The van der Waals surface area contributed by atoms with Gasteiger partial charge in [0.1, 0.15) is 0 Å². The summed E-state index contributed by atoms with van der Waals surface area (Å²) in [6, 6.07) is 1.58. The summed E-state index contributed by atoms with van der Waals surface area (Å²) in [6.45, 7) is 3.14. The molecule has 19 heavy (non-hydrogen) atoms. The van der Waals surface area contributed by atoms with Crippen molar-refractivity contribution in [2.45, 2.75) is 36.9 Å². The number of likely N-dealkylation sites (N-methyl/N-ethyl adjacent to an activating group) is 1. The van der Waals surface area contributed by atoms with Crippen LogP contribution in [0, 0.1) is 0 Å². The van der Waals surface area contributed by atoms with Crippen LogP contribution in [0.4, 0.5) is 0 Å². The van der Waals surface area contributed by atoms with Gasteiger partial charge in [0.2, 0.25) is 10.0 Å². The Morgan fingerprint density at radius 2 is 2.32 bits per heavy atom. The minimum absolute atomic E-state index is 0.0597. The van der Waals surface area contributed by atoms with Crippen LogP contribution in [-0.2, 0) is 21.3 Å². The van der Waals surface area contributed by atoms with E-state index in [1.165, 1.54) is 4.31 Å². The summed E-state index contributed by atoms with van der Waals surface area (Å²) < 4.78 is 31.9. The molecule has 2 atom stereocenters. The Morgan fingerprint density at radius 1 is 1.58 bits per heavy atom. The van der Waals surface area contributed by atoms with Gasteiger partial charge in [-0.2, -0.15) is 4.31 Å². The number of ether oxygens (including phenoxy) is 1. The lowest BCUT2D eigenvalue weighted by molar-refractivity contribution is 0.102. The lowest BCUT2D eigenvalue weighted by Crippen LogP contribution is -2.40. The first-order valence-corrected chi connectivity index (χ1v) is 7.82. The molecule has 0 spiro atoms. The number of nitrogens with one attached hydrogen (secondary N) is 2. The fraction of sp³-hybridized carbons (Fsp3) is 0.667. The minimum atomic E-state index is -3.46. The minimum Gasteiger partial charge on any atom is -0.377 e. The second-order valence-corrected chi connectivity index (χ2v) is 6.84. The van der Waals surface area contributed by atoms with Crippen molar-refractivity contribution in [1.29, 1.82) is 0 Å². The van der Waals surface area contributed by atoms with Crippen molar-refractivity contribution in [3.63, 3.8) is 0 Å². The quantitative estimate of drug-likeness (QED) is 0.828. The van der Waals surface area contributed by atoms with Crippen molar-refractivity contribution in [1.82, 2.24) is 14.6 Å². The third-order valence-corrected chi connectivity index (χ3v) is 5.42. The Morgan fingerprint density at radius 3 is 2.89 bits per heavy atom. The van der Waals surface area contributed by atoms with Crippen LogP contribution in [0.5, 0.6) is 0 Å². The zero-order valence-electron chi connectivity index (χ0n) is 11.5. The van der Waals surface area contributed by atoms with E-state index in [-0.39, 0.29) is 12.1 Å². The van der Waals surface area contributed by atoms with Gasteiger partial charge in [-0.3, -0.25) is 0 Å². The highest BCUT2D eigenvalue weighted by atomic mass is 32.2. The summed E-state index contributed by atoms with van der Waals surface area (Å²) in [5, 5.41) is 2.98. The van der Waals surface area contributed by atoms with Gasteiger partial charge < -0.3 is 15.0 Å². The van der Waals surface area contributed by atoms with Crippen LogP contribution < -0.4 is 5.32 Å². The number of H-pyrrole nitrogens is 1. The van der Waals surface area contributed by atoms with Gasteiger partial charge in [-0.15, -0.1) is 0 Å². The van der Waals surface area contributed by atoms with Gasteiger partial charge in [-0.25, -0.2) is 8.42 Å². The smallest absolute Gasteiger partial charge is 0.244 e. The fourth-order valence-corrected chi connectivity index (χ4v) is 3.87. The number of hydrogen-bond acceptors (Lipinski definition) is 4. The van der Waals surface area contributed by atoms with E-state index in [4.69, 9.17) is 4.74 Å². The molecule has 2 unspecified atom stereocenters. The first kappa shape index (κ1) is 14.5. The molecule has 0 aliphatic carbocycles. The Bertz CT molecular complexity index is 526. The van der Waals surface area contributed by atoms with Gasteiger partial charge in [0.05, 0.1) is 17.0 Å². The number of sulfonamides is 1. The van der Waals surface area contributed by atoms with E-state index >= 15 is 0 Å². The Kier molecular flexibility index (Phi) is 4.29. The standard InChI is InChI=1S/C12H21N3O3S/c1-9-12(4-5-18-9)15(3)19(16,17)11-6-10(7-13-2)14-8-11/h6,8-9,12-14H,4-5,7H2,1-3H3. The van der Waals surface area contributed by atoms with Gasteiger partial charge in [0.25, 0.3) is 0 Å². The molecule has 2 heterocycles. The van der Waals surface area contributed by atoms with Crippen molar-refractivity contribution in [2.24, 2.45) is 0 Å². The normalized spacial score (nSPS) is 24.2. The van der Waals surface area contributed by atoms with E-state index < -0.39 is 10.0 Å². The zero-order chi connectivity index (χ0) is 14.0. The van der Waals surface area contributed by atoms with E-state index in [1.54, 1.807) is 19.3 Å². The molecule has 2 N–H and O–H groups in total. The molecule has 7 heteroatoms. The van der Waals surface area contributed by atoms with Crippen molar-refractivity contribution in [2.75, 3.05) is 20.7 Å². The van der Waals surface area contributed by atoms with Gasteiger partial charge in [-0.05, 0) is 26.5 Å². The van der Waals surface area contributed by atoms with Crippen LogP contribution in [0.25, 0.3) is 0 Å². The molecule has 2 rings (SSSR count). The highest BCUT2D eigenvalue weighted by Crippen LogP contribution is 2.24. The Labute approximate surface area is 114 Å². The summed E-state index contributed by atoms with van der Waals surface area (Å²) in [5.41, 5.74) is 0.852. The molecule has 1 aliphatic heterocycles. The van der Waals surface area contributed by atoms with E-state index in [0.717, 1.165) is 12.1 Å². The van der Waals surface area contributed by atoms with Crippen molar-refractivity contribution in [3.05, 3.63) is 18.0 Å². The SMILES string of the molecule is CNCc1cc(S(=O)(=O)N(C)C2CCOC2C)c[nH]1. The molecule has 0 bridgehead atoms. The lowest BCUT2D eigenvalue weighted by Gasteiger charge is -2.25. The topological polar surface area (TPSA) is 74.4 Å². The predicted octanol–water partition coefficient (Wildman–Crippen LogP) is 0.532. The van der Waals surface area contributed by atoms with E-state index in [0.29, 0.717) is 18.0 Å². The van der Waals surface area contributed by atoms with Gasteiger partial charge in [0, 0.05) is 32.1 Å². The summed E-state index contributed by atoms with van der Waals surface area (Å²) >= 11 is 0. The first-order valence-electron chi connectivity index (χ1n) is 6.38. The maximum absolute atomic E-state index is 12.5. The van der Waals surface area contributed by atoms with Gasteiger partial charge in [-0.1, -0.05) is 0 Å². The van der Waals surface area contributed by atoms with Crippen molar-refractivity contribution in [3.8, 4) is 0 Å². The Hall–Kier alpha value is -0.890. The summed E-state index contributed by atoms with van der Waals surface area (Å²) in [6.07, 6.45) is 2.22. The lowest BCUT2D eigenvalue weighted by atomic mass is 10.2. The number of hydrogen-bond donors (Lipinski definition) is 2. The molecule has 108 valence electrons. The number of rotatable bonds is 5. The van der Waals surface area contributed by atoms with E-state index in [1.807, 2.05) is 14.0 Å². The summed E-state index contributed by atoms with van der Waals surface area (Å²) in [7, 11) is -0.0194. The van der Waals surface area contributed by atoms with Crippen molar-refractivity contribution < 1.29 is 13.2 Å². The molecule has 6 nitrogen and oxygen atoms in total. The second kappa shape index (κ2) is 5.62. The molecule has 0 aromatic carbocycles. The number of nitrogens with zero attached hydrogens (tertiary/aromatic N) is 1. The van der Waals surface area contributed by atoms with E-state index in [2.05, 4.69) is 10.3 Å². The van der Waals surface area contributed by atoms with Crippen LogP contribution in [0.15, 0.2) is 17.2 Å². The van der Waals surface area contributed by atoms with Crippen LogP contribution >= 0.6 is 0 Å². The van der Waals surface area contributed by atoms with Crippen LogP contribution in [-0.4, -0.2) is 50.6 Å². The largest absolute Gasteiger partial charge is 0.377 e. The Balaban J connectivity index is 2.20. The van der Waals surface area contributed by atoms with Crippen LogP contribution in [0.2, 0.25) is 0 Å². The second-order valence-electron chi connectivity index (χ2n) is 4.84. The zero-order valence-corrected chi connectivity index (χ0v) is 12.3. The molecule has 1 aromatic heterocycles. The number of aromatic amines is 1. The molecule has 0 amide bonds. The average Bonchev–Trinajstić information content (AvgIpc) is 2.98. The van der Waals surface area contributed by atoms with Crippen LogP contribution in [0.1, 0.15) is 19.0 Å². The monoisotopic (exact) mass is 287 g/mol. The molecule has 1 aliphatic rings. The summed E-state index contributed by atoms with van der Waals surface area (Å²) in [5.74, 6) is 0. The molecular weight excluding hydrogens is 266 g/mol. The maximum Gasteiger partial charge on any atom is 0.244 e. The van der Waals surface area contributed by atoms with Crippen molar-refractivity contribution >= 4 is 10.0 Å². The van der Waals surface area contributed by atoms with Crippen LogP contribution in [0.3, 0.4) is 0 Å². The molecule has 1 fully saturated rings. The highest BCUT2D eigenvalue weighted by molar-refractivity contribution is 7.89. The molecule has 1 aromatic rings. The third-order valence-electron chi connectivity index (χ3n) is 3.56. The molecule has 0 saturated carbocycles. The van der Waals surface area contributed by atoms with Gasteiger partial charge >= 0.3 is 0 Å². The summed E-state index contributed by atoms with van der Waals surface area (Å²) in [4.78, 5) is 3.27. The molecular formula is C12H21N3O3S. The number of aromatic nitrogens is 1. The average molecular weight is 287 g/mol. The first-order chi connectivity index (χ1) is 8.96. The van der Waals surface area contributed by atoms with Gasteiger partial charge in [0.15, 0.2) is 0 Å². The van der Waals surface area contributed by atoms with E-state index in [9.17, 15) is 8.42 Å². The molecule has 0 radical (unpaired) electrons. The molecule has 1 saturated heterocycles. The predicted molar refractivity (Wildman–Crippen MR) is 72.3 cm³/mol.